The maximum Gasteiger partial charge on any atom is 0.341 e. The molecule has 0 spiro atoms. The number of hydrogen-bond acceptors (Lipinski definition) is 6. The highest BCUT2D eigenvalue weighted by Gasteiger charge is 2.23. The van der Waals surface area contributed by atoms with Crippen molar-refractivity contribution in [3.63, 3.8) is 0 Å². The number of amides is 2. The summed E-state index contributed by atoms with van der Waals surface area (Å²) in [6.07, 6.45) is 0. The number of hydrogen-bond donors (Lipinski definition) is 2. The Bertz CT molecular complexity index is 1510. The number of fused-ring (bicyclic) bond motifs is 1. The van der Waals surface area contributed by atoms with E-state index < -0.39 is 22.1 Å². The molecule has 0 saturated heterocycles. The zero-order valence-electron chi connectivity index (χ0n) is 18.9. The molecule has 9 heteroatoms. The van der Waals surface area contributed by atoms with Gasteiger partial charge in [0.15, 0.2) is 5.75 Å². The molecule has 4 aromatic rings. The lowest BCUT2D eigenvalue weighted by molar-refractivity contribution is 0.0599. The molecule has 0 heterocycles. The third-order valence-electron chi connectivity index (χ3n) is 5.16. The molecule has 0 atom stereocenters. The Morgan fingerprint density at radius 2 is 1.43 bits per heavy atom. The van der Waals surface area contributed by atoms with Crippen molar-refractivity contribution in [2.45, 2.75) is 11.8 Å². The highest BCUT2D eigenvalue weighted by atomic mass is 32.2. The number of rotatable bonds is 6. The SMILES string of the molecule is COC(=O)c1ccc(NC(=O)Nc2ccc(C)cc2)cc1OS(=O)(=O)c1ccc2ccccc2c1. The summed E-state index contributed by atoms with van der Waals surface area (Å²) in [7, 11) is -3.13. The van der Waals surface area contributed by atoms with Crippen LogP contribution >= 0.6 is 0 Å². The maximum atomic E-state index is 13.0. The Hall–Kier alpha value is -4.37. The summed E-state index contributed by atoms with van der Waals surface area (Å²) >= 11 is 0. The van der Waals surface area contributed by atoms with Gasteiger partial charge in [0.1, 0.15) is 10.5 Å². The summed E-state index contributed by atoms with van der Waals surface area (Å²) in [6, 6.07) is 22.5. The van der Waals surface area contributed by atoms with E-state index in [2.05, 4.69) is 10.6 Å². The second kappa shape index (κ2) is 9.86. The lowest BCUT2D eigenvalue weighted by Crippen LogP contribution is -2.20. The second-order valence-corrected chi connectivity index (χ2v) is 9.24. The van der Waals surface area contributed by atoms with Gasteiger partial charge in [-0.05, 0) is 54.1 Å². The van der Waals surface area contributed by atoms with Crippen molar-refractivity contribution in [3.05, 3.63) is 96.1 Å². The molecule has 35 heavy (non-hydrogen) atoms. The summed E-state index contributed by atoms with van der Waals surface area (Å²) in [5, 5.41) is 6.86. The first-order valence-electron chi connectivity index (χ1n) is 10.6. The molecular formula is C26H22N2O6S. The number of anilines is 2. The number of carbonyl (C=O) groups is 2. The van der Waals surface area contributed by atoms with Crippen LogP contribution in [0.2, 0.25) is 0 Å². The van der Waals surface area contributed by atoms with Crippen molar-refractivity contribution in [2.75, 3.05) is 17.7 Å². The number of carbonyl (C=O) groups excluding carboxylic acids is 2. The molecule has 0 saturated carbocycles. The molecule has 2 amide bonds. The van der Waals surface area contributed by atoms with E-state index in [1.165, 1.54) is 37.4 Å². The van der Waals surface area contributed by atoms with Crippen LogP contribution in [0.3, 0.4) is 0 Å². The number of benzene rings is 4. The molecule has 0 aliphatic heterocycles. The van der Waals surface area contributed by atoms with E-state index in [1.807, 2.05) is 31.2 Å². The first-order chi connectivity index (χ1) is 16.7. The average Bonchev–Trinajstić information content (AvgIpc) is 2.84. The molecule has 0 bridgehead atoms. The summed E-state index contributed by atoms with van der Waals surface area (Å²) in [6.45, 7) is 1.93. The van der Waals surface area contributed by atoms with Crippen LogP contribution in [0.15, 0.2) is 89.8 Å². The van der Waals surface area contributed by atoms with Crippen molar-refractivity contribution in [2.24, 2.45) is 0 Å². The Labute approximate surface area is 202 Å². The van der Waals surface area contributed by atoms with Crippen LogP contribution in [0, 0.1) is 6.92 Å². The van der Waals surface area contributed by atoms with Crippen LogP contribution in [0.5, 0.6) is 5.75 Å². The quantitative estimate of drug-likeness (QED) is 0.279. The number of aryl methyl sites for hydroxylation is 1. The number of ether oxygens (including phenoxy) is 1. The smallest absolute Gasteiger partial charge is 0.341 e. The fourth-order valence-electron chi connectivity index (χ4n) is 3.37. The Kier molecular flexibility index (Phi) is 6.70. The molecule has 0 aromatic heterocycles. The normalized spacial score (nSPS) is 11.0. The van der Waals surface area contributed by atoms with E-state index in [-0.39, 0.29) is 21.9 Å². The highest BCUT2D eigenvalue weighted by molar-refractivity contribution is 7.87. The lowest BCUT2D eigenvalue weighted by Gasteiger charge is -2.13. The molecule has 178 valence electrons. The van der Waals surface area contributed by atoms with E-state index in [1.54, 1.807) is 30.3 Å². The minimum atomic E-state index is -4.30. The number of nitrogens with one attached hydrogen (secondary N) is 2. The van der Waals surface area contributed by atoms with Gasteiger partial charge in [0.2, 0.25) is 0 Å². The first kappa shape index (κ1) is 23.8. The lowest BCUT2D eigenvalue weighted by atomic mass is 10.1. The van der Waals surface area contributed by atoms with E-state index >= 15 is 0 Å². The van der Waals surface area contributed by atoms with Gasteiger partial charge in [0.05, 0.1) is 7.11 Å². The van der Waals surface area contributed by atoms with Gasteiger partial charge >= 0.3 is 22.1 Å². The minimum Gasteiger partial charge on any atom is -0.465 e. The molecule has 2 N–H and O–H groups in total. The van der Waals surface area contributed by atoms with Crippen LogP contribution in [0.25, 0.3) is 10.8 Å². The standard InChI is InChI=1S/C26H22N2O6S/c1-17-7-10-20(11-8-17)27-26(30)28-21-12-14-23(25(29)33-2)24(16-21)34-35(31,32)22-13-9-18-5-3-4-6-19(18)15-22/h3-16H,1-2H3,(H2,27,28,30). The minimum absolute atomic E-state index is 0.0810. The van der Waals surface area contributed by atoms with E-state index in [0.29, 0.717) is 11.1 Å². The molecule has 0 unspecified atom stereocenters. The molecule has 8 nitrogen and oxygen atoms in total. The second-order valence-electron chi connectivity index (χ2n) is 7.69. The Morgan fingerprint density at radius 3 is 2.14 bits per heavy atom. The van der Waals surface area contributed by atoms with E-state index in [4.69, 9.17) is 8.92 Å². The number of esters is 1. The number of urea groups is 1. The monoisotopic (exact) mass is 490 g/mol. The summed E-state index contributed by atoms with van der Waals surface area (Å²) in [5.41, 5.74) is 1.73. The van der Waals surface area contributed by atoms with Gasteiger partial charge in [-0.15, -0.1) is 0 Å². The molecule has 4 rings (SSSR count). The van der Waals surface area contributed by atoms with Gasteiger partial charge in [-0.3, -0.25) is 0 Å². The van der Waals surface area contributed by atoms with E-state index in [0.717, 1.165) is 10.9 Å². The van der Waals surface area contributed by atoms with Gasteiger partial charge in [0.25, 0.3) is 0 Å². The fraction of sp³-hybridized carbons (Fsp3) is 0.0769. The van der Waals surface area contributed by atoms with Crippen molar-refractivity contribution < 1.29 is 26.9 Å². The van der Waals surface area contributed by atoms with Crippen LogP contribution in [0.1, 0.15) is 15.9 Å². The van der Waals surface area contributed by atoms with Crippen LogP contribution < -0.4 is 14.8 Å². The Morgan fingerprint density at radius 1 is 0.771 bits per heavy atom. The summed E-state index contributed by atoms with van der Waals surface area (Å²) < 4.78 is 36.2. The van der Waals surface area contributed by atoms with Gasteiger partial charge in [0, 0.05) is 17.4 Å². The van der Waals surface area contributed by atoms with Crippen molar-refractivity contribution in [3.8, 4) is 5.75 Å². The number of methoxy groups -OCH3 is 1. The third-order valence-corrected chi connectivity index (χ3v) is 6.39. The van der Waals surface area contributed by atoms with Crippen LogP contribution in [0.4, 0.5) is 16.2 Å². The molecule has 0 aliphatic rings. The predicted molar refractivity (Wildman–Crippen MR) is 133 cm³/mol. The molecule has 4 aromatic carbocycles. The molecular weight excluding hydrogens is 468 g/mol. The largest absolute Gasteiger partial charge is 0.465 e. The maximum absolute atomic E-state index is 13.0. The summed E-state index contributed by atoms with van der Waals surface area (Å²) in [4.78, 5) is 24.6. The zero-order valence-corrected chi connectivity index (χ0v) is 19.8. The Balaban J connectivity index is 1.61. The summed E-state index contributed by atoms with van der Waals surface area (Å²) in [5.74, 6) is -1.07. The van der Waals surface area contributed by atoms with Gasteiger partial charge in [-0.25, -0.2) is 9.59 Å². The molecule has 0 fully saturated rings. The van der Waals surface area contributed by atoms with Gasteiger partial charge in [-0.2, -0.15) is 8.42 Å². The topological polar surface area (TPSA) is 111 Å². The van der Waals surface area contributed by atoms with Crippen LogP contribution in [-0.4, -0.2) is 27.5 Å². The highest BCUT2D eigenvalue weighted by Crippen LogP contribution is 2.29. The van der Waals surface area contributed by atoms with Crippen molar-refractivity contribution in [1.29, 1.82) is 0 Å². The van der Waals surface area contributed by atoms with Gasteiger partial charge < -0.3 is 19.6 Å². The fourth-order valence-corrected chi connectivity index (χ4v) is 4.34. The zero-order chi connectivity index (χ0) is 25.0. The van der Waals surface area contributed by atoms with Gasteiger partial charge in [-0.1, -0.05) is 48.0 Å². The molecule has 0 radical (unpaired) electrons. The molecule has 0 aliphatic carbocycles. The van der Waals surface area contributed by atoms with E-state index in [9.17, 15) is 18.0 Å². The van der Waals surface area contributed by atoms with Crippen molar-refractivity contribution >= 4 is 44.3 Å². The average molecular weight is 491 g/mol. The van der Waals surface area contributed by atoms with Crippen molar-refractivity contribution in [1.82, 2.24) is 0 Å². The predicted octanol–water partition coefficient (Wildman–Crippen LogP) is 5.35. The van der Waals surface area contributed by atoms with Crippen LogP contribution in [-0.2, 0) is 14.9 Å². The third kappa shape index (κ3) is 5.59. The first-order valence-corrected chi connectivity index (χ1v) is 12.0.